The normalized spacial score (nSPS) is 12.0. The van der Waals surface area contributed by atoms with Crippen molar-refractivity contribution in [1.29, 1.82) is 0 Å². The molecule has 0 aliphatic carbocycles. The number of carbonyl (C=O) groups excluding carboxylic acids is 1. The topological polar surface area (TPSA) is 61.3 Å². The van der Waals surface area contributed by atoms with Crippen molar-refractivity contribution in [3.05, 3.63) is 10.7 Å². The molecule has 94 valence electrons. The largest absolute Gasteiger partial charge is 0.480 e. The van der Waals surface area contributed by atoms with Gasteiger partial charge in [-0.2, -0.15) is 4.98 Å². The van der Waals surface area contributed by atoms with Gasteiger partial charge < -0.3 is 9.47 Å². The van der Waals surface area contributed by atoms with E-state index < -0.39 is 0 Å². The van der Waals surface area contributed by atoms with Gasteiger partial charge >= 0.3 is 5.97 Å². The molecule has 0 fully saturated rings. The molecule has 0 bridgehead atoms. The Morgan fingerprint density at radius 2 is 2.29 bits per heavy atom. The van der Waals surface area contributed by atoms with E-state index in [2.05, 4.69) is 30.6 Å². The molecule has 0 spiro atoms. The minimum atomic E-state index is -0.242. The first-order chi connectivity index (χ1) is 8.06. The van der Waals surface area contributed by atoms with E-state index in [0.29, 0.717) is 21.9 Å². The molecule has 0 saturated carbocycles. The summed E-state index contributed by atoms with van der Waals surface area (Å²) in [6, 6.07) is 0. The lowest BCUT2D eigenvalue weighted by molar-refractivity contribution is -0.140. The second-order valence-corrected chi connectivity index (χ2v) is 5.48. The van der Waals surface area contributed by atoms with Crippen LogP contribution in [0.15, 0.2) is 15.8 Å². The predicted molar refractivity (Wildman–Crippen MR) is 68.2 cm³/mol. The highest BCUT2D eigenvalue weighted by molar-refractivity contribution is 9.10. The van der Waals surface area contributed by atoms with Crippen molar-refractivity contribution in [3.8, 4) is 5.88 Å². The molecule has 7 heteroatoms. The fourth-order valence-electron chi connectivity index (χ4n) is 1.08. The Bertz CT molecular complexity index is 403. The SMILES string of the molecule is COC(=O)CC(C)Sc1ncc(Br)c(OC)n1. The fraction of sp³-hybridized carbons (Fsp3) is 0.500. The molecule has 0 N–H and O–H groups in total. The van der Waals surface area contributed by atoms with E-state index in [4.69, 9.17) is 4.74 Å². The standard InChI is InChI=1S/C10H13BrN2O3S/c1-6(4-8(14)15-2)17-10-12-5-7(11)9(13-10)16-3/h5-6H,4H2,1-3H3. The first-order valence-corrected chi connectivity index (χ1v) is 6.54. The van der Waals surface area contributed by atoms with Crippen LogP contribution in [0.25, 0.3) is 0 Å². The quantitative estimate of drug-likeness (QED) is 0.471. The number of halogens is 1. The zero-order valence-corrected chi connectivity index (χ0v) is 12.2. The third kappa shape index (κ3) is 4.51. The highest BCUT2D eigenvalue weighted by atomic mass is 79.9. The second-order valence-electron chi connectivity index (χ2n) is 3.22. The summed E-state index contributed by atoms with van der Waals surface area (Å²) in [5.74, 6) is 0.238. The van der Waals surface area contributed by atoms with Crippen LogP contribution in [0.2, 0.25) is 0 Å². The van der Waals surface area contributed by atoms with Gasteiger partial charge in [0.15, 0.2) is 5.16 Å². The summed E-state index contributed by atoms with van der Waals surface area (Å²) in [6.07, 6.45) is 1.95. The van der Waals surface area contributed by atoms with E-state index in [0.717, 1.165) is 0 Å². The van der Waals surface area contributed by atoms with E-state index in [9.17, 15) is 4.79 Å². The van der Waals surface area contributed by atoms with Crippen molar-refractivity contribution >= 4 is 33.7 Å². The van der Waals surface area contributed by atoms with Crippen LogP contribution in [-0.4, -0.2) is 35.4 Å². The number of methoxy groups -OCH3 is 2. The molecule has 0 aliphatic heterocycles. The summed E-state index contributed by atoms with van der Waals surface area (Å²) >= 11 is 4.68. The highest BCUT2D eigenvalue weighted by Crippen LogP contribution is 2.27. The Morgan fingerprint density at radius 1 is 1.59 bits per heavy atom. The van der Waals surface area contributed by atoms with E-state index in [1.165, 1.54) is 18.9 Å². The molecule has 0 radical (unpaired) electrons. The lowest BCUT2D eigenvalue weighted by Gasteiger charge is -2.09. The van der Waals surface area contributed by atoms with Crippen LogP contribution < -0.4 is 4.74 Å². The molecule has 0 saturated heterocycles. The fourth-order valence-corrected chi connectivity index (χ4v) is 2.26. The Kier molecular flexibility index (Phi) is 5.70. The molecule has 17 heavy (non-hydrogen) atoms. The van der Waals surface area contributed by atoms with Crippen molar-refractivity contribution in [2.75, 3.05) is 14.2 Å². The van der Waals surface area contributed by atoms with Crippen LogP contribution in [0.3, 0.4) is 0 Å². The maximum Gasteiger partial charge on any atom is 0.306 e. The van der Waals surface area contributed by atoms with Gasteiger partial charge in [0, 0.05) is 11.4 Å². The second kappa shape index (κ2) is 6.80. The van der Waals surface area contributed by atoms with E-state index >= 15 is 0 Å². The number of esters is 1. The molecule has 0 aliphatic rings. The van der Waals surface area contributed by atoms with Crippen molar-refractivity contribution in [3.63, 3.8) is 0 Å². The zero-order chi connectivity index (χ0) is 12.8. The van der Waals surface area contributed by atoms with Gasteiger partial charge in [-0.1, -0.05) is 18.7 Å². The number of thioether (sulfide) groups is 1. The number of hydrogen-bond donors (Lipinski definition) is 0. The lowest BCUT2D eigenvalue weighted by Crippen LogP contribution is -2.09. The molecule has 0 amide bonds. The van der Waals surface area contributed by atoms with Gasteiger partial charge in [0.1, 0.15) is 0 Å². The van der Waals surface area contributed by atoms with Gasteiger partial charge in [-0.15, -0.1) is 0 Å². The number of carbonyl (C=O) groups is 1. The first kappa shape index (κ1) is 14.2. The summed E-state index contributed by atoms with van der Waals surface area (Å²) < 4.78 is 10.4. The molecule has 1 heterocycles. The van der Waals surface area contributed by atoms with Gasteiger partial charge in [-0.05, 0) is 15.9 Å². The van der Waals surface area contributed by atoms with Crippen LogP contribution in [0.4, 0.5) is 0 Å². The molecule has 1 rings (SSSR count). The highest BCUT2D eigenvalue weighted by Gasteiger charge is 2.13. The average Bonchev–Trinajstić information content (AvgIpc) is 2.31. The third-order valence-corrected chi connectivity index (χ3v) is 3.39. The summed E-state index contributed by atoms with van der Waals surface area (Å²) in [5.41, 5.74) is 0. The summed E-state index contributed by atoms with van der Waals surface area (Å²) in [4.78, 5) is 19.4. The summed E-state index contributed by atoms with van der Waals surface area (Å²) in [7, 11) is 2.91. The van der Waals surface area contributed by atoms with Crippen molar-refractivity contribution in [2.24, 2.45) is 0 Å². The Hall–Kier alpha value is -0.820. The molecule has 1 aromatic heterocycles. The summed E-state index contributed by atoms with van der Waals surface area (Å²) in [6.45, 7) is 1.92. The number of aromatic nitrogens is 2. The van der Waals surface area contributed by atoms with Gasteiger partial charge in [-0.25, -0.2) is 4.98 Å². The molecule has 1 atom stereocenters. The van der Waals surface area contributed by atoms with Gasteiger partial charge in [0.05, 0.1) is 25.1 Å². The van der Waals surface area contributed by atoms with E-state index in [-0.39, 0.29) is 11.2 Å². The molecular formula is C10H13BrN2O3S. The number of ether oxygens (including phenoxy) is 2. The molecule has 0 aromatic carbocycles. The van der Waals surface area contributed by atoms with Crippen LogP contribution in [0.5, 0.6) is 5.88 Å². The molecule has 1 aromatic rings. The van der Waals surface area contributed by atoms with Gasteiger partial charge in [-0.3, -0.25) is 4.79 Å². The Balaban J connectivity index is 2.65. The van der Waals surface area contributed by atoms with Gasteiger partial charge in [0.2, 0.25) is 5.88 Å². The van der Waals surface area contributed by atoms with Crippen LogP contribution in [0.1, 0.15) is 13.3 Å². The van der Waals surface area contributed by atoms with Crippen LogP contribution >= 0.6 is 27.7 Å². The van der Waals surface area contributed by atoms with Crippen molar-refractivity contribution in [2.45, 2.75) is 23.8 Å². The molecule has 1 unspecified atom stereocenters. The monoisotopic (exact) mass is 320 g/mol. The van der Waals surface area contributed by atoms with Crippen molar-refractivity contribution < 1.29 is 14.3 Å². The predicted octanol–water partition coefficient (Wildman–Crippen LogP) is 2.29. The molecular weight excluding hydrogens is 308 g/mol. The number of rotatable bonds is 5. The number of nitrogens with zero attached hydrogens (tertiary/aromatic N) is 2. The lowest BCUT2D eigenvalue weighted by atomic mass is 10.3. The maximum atomic E-state index is 11.1. The minimum absolute atomic E-state index is 0.0494. The van der Waals surface area contributed by atoms with Crippen LogP contribution in [0, 0.1) is 0 Å². The minimum Gasteiger partial charge on any atom is -0.480 e. The van der Waals surface area contributed by atoms with E-state index in [1.54, 1.807) is 13.3 Å². The maximum absolute atomic E-state index is 11.1. The summed E-state index contributed by atoms with van der Waals surface area (Å²) in [5, 5.41) is 0.620. The van der Waals surface area contributed by atoms with Crippen molar-refractivity contribution in [1.82, 2.24) is 9.97 Å². The Labute approximate surface area is 112 Å². The van der Waals surface area contributed by atoms with Gasteiger partial charge in [0.25, 0.3) is 0 Å². The third-order valence-electron chi connectivity index (χ3n) is 1.87. The smallest absolute Gasteiger partial charge is 0.306 e. The average molecular weight is 321 g/mol. The molecule has 5 nitrogen and oxygen atoms in total. The Morgan fingerprint density at radius 3 is 2.88 bits per heavy atom. The zero-order valence-electron chi connectivity index (χ0n) is 9.77. The van der Waals surface area contributed by atoms with E-state index in [1.807, 2.05) is 6.92 Å². The number of hydrogen-bond acceptors (Lipinski definition) is 6. The first-order valence-electron chi connectivity index (χ1n) is 4.86. The van der Waals surface area contributed by atoms with Crippen LogP contribution in [-0.2, 0) is 9.53 Å².